The van der Waals surface area contributed by atoms with Crippen LogP contribution in [0.5, 0.6) is 0 Å². The van der Waals surface area contributed by atoms with E-state index in [0.717, 1.165) is 0 Å². The van der Waals surface area contributed by atoms with E-state index in [4.69, 9.17) is 0 Å². The van der Waals surface area contributed by atoms with Gasteiger partial charge in [-0.25, -0.2) is 0 Å². The Kier molecular flexibility index (Phi) is 35.5. The van der Waals surface area contributed by atoms with E-state index in [1.807, 2.05) is 6.20 Å². The van der Waals surface area contributed by atoms with Crippen LogP contribution < -0.4 is 0 Å². The van der Waals surface area contributed by atoms with Crippen LogP contribution in [0.4, 0.5) is 0 Å². The molecule has 1 nitrogen and oxygen atoms in total. The van der Waals surface area contributed by atoms with Crippen LogP contribution in [-0.4, -0.2) is 4.98 Å². The van der Waals surface area contributed by atoms with E-state index in [9.17, 15) is 0 Å². The Morgan fingerprint density at radius 3 is 0.733 bits per heavy atom. The molecule has 0 unspecified atom stereocenters. The maximum atomic E-state index is 3.16. The van der Waals surface area contributed by atoms with Crippen molar-refractivity contribution in [3.05, 3.63) is 24.0 Å². The van der Waals surface area contributed by atoms with Crippen molar-refractivity contribution in [1.82, 2.24) is 4.98 Å². The lowest BCUT2D eigenvalue weighted by Gasteiger charge is -2.05. The fraction of sp³-hybridized carbons (Fsp3) is 0.909. The number of unbranched alkanes of at least 4 members (excludes halogenated alkanes) is 37. The number of rotatable bonds is 39. The van der Waals surface area contributed by atoms with Crippen molar-refractivity contribution >= 4 is 0 Å². The molecule has 1 rings (SSSR count). The standard InChI is InChI=1S/C44H85N/c1-2-3-4-5-6-7-8-9-10-11-12-13-14-15-16-17-18-19-20-21-22-23-24-25-26-27-28-29-30-31-32-33-34-35-36-37-38-39-40-44-41-42-45-43-44/h41-43,45H,2-40H2,1H3. The third-order valence-electron chi connectivity index (χ3n) is 10.5. The average molecular weight is 628 g/mol. The second kappa shape index (κ2) is 37.7. The summed E-state index contributed by atoms with van der Waals surface area (Å²) in [5.41, 5.74) is 1.47. The molecule has 0 saturated carbocycles. The summed E-state index contributed by atoms with van der Waals surface area (Å²) in [5, 5.41) is 0. The number of hydrogen-bond acceptors (Lipinski definition) is 0. The Hall–Kier alpha value is -0.720. The zero-order valence-electron chi connectivity index (χ0n) is 31.3. The molecule has 0 bridgehead atoms. The Labute approximate surface area is 285 Å². The number of hydrogen-bond donors (Lipinski definition) is 1. The molecular formula is C44H85N. The Morgan fingerprint density at radius 1 is 0.311 bits per heavy atom. The first kappa shape index (κ1) is 42.3. The minimum Gasteiger partial charge on any atom is -0.367 e. The summed E-state index contributed by atoms with van der Waals surface area (Å²) in [5.74, 6) is 0. The predicted octanol–water partition coefficient (Wildman–Crippen LogP) is 16.4. The van der Waals surface area contributed by atoms with Crippen LogP contribution in [0.25, 0.3) is 0 Å². The van der Waals surface area contributed by atoms with Gasteiger partial charge < -0.3 is 4.98 Å². The first-order chi connectivity index (χ1) is 22.4. The number of aromatic amines is 1. The van der Waals surface area contributed by atoms with Gasteiger partial charge in [-0.15, -0.1) is 0 Å². The molecule has 0 spiro atoms. The van der Waals surface area contributed by atoms with Gasteiger partial charge in [0.05, 0.1) is 0 Å². The van der Waals surface area contributed by atoms with E-state index < -0.39 is 0 Å². The van der Waals surface area contributed by atoms with E-state index in [-0.39, 0.29) is 0 Å². The fourth-order valence-corrected chi connectivity index (χ4v) is 7.28. The molecule has 1 heterocycles. The molecule has 0 fully saturated rings. The van der Waals surface area contributed by atoms with Crippen LogP contribution in [0.15, 0.2) is 18.5 Å². The number of aromatic nitrogens is 1. The predicted molar refractivity (Wildman–Crippen MR) is 206 cm³/mol. The van der Waals surface area contributed by atoms with Gasteiger partial charge in [-0.05, 0) is 24.5 Å². The van der Waals surface area contributed by atoms with Gasteiger partial charge in [-0.2, -0.15) is 0 Å². The van der Waals surface area contributed by atoms with Crippen LogP contribution >= 0.6 is 0 Å². The summed E-state index contributed by atoms with van der Waals surface area (Å²) in [7, 11) is 0. The van der Waals surface area contributed by atoms with Gasteiger partial charge in [0.2, 0.25) is 0 Å². The highest BCUT2D eigenvalue weighted by Crippen LogP contribution is 2.17. The van der Waals surface area contributed by atoms with Gasteiger partial charge in [0.1, 0.15) is 0 Å². The van der Waals surface area contributed by atoms with Gasteiger partial charge >= 0.3 is 0 Å². The zero-order chi connectivity index (χ0) is 32.0. The molecule has 0 saturated heterocycles. The topological polar surface area (TPSA) is 15.8 Å². The van der Waals surface area contributed by atoms with E-state index in [1.165, 1.54) is 256 Å². The molecule has 0 aliphatic rings. The molecule has 0 amide bonds. The smallest absolute Gasteiger partial charge is 0.00373 e. The monoisotopic (exact) mass is 628 g/mol. The molecule has 1 aromatic heterocycles. The van der Waals surface area contributed by atoms with Gasteiger partial charge in [-0.3, -0.25) is 0 Å². The van der Waals surface area contributed by atoms with E-state index >= 15 is 0 Å². The molecular weight excluding hydrogens is 542 g/mol. The van der Waals surface area contributed by atoms with Crippen LogP contribution in [0.1, 0.15) is 256 Å². The summed E-state index contributed by atoms with van der Waals surface area (Å²) in [6, 6.07) is 2.21. The molecule has 45 heavy (non-hydrogen) atoms. The quantitative estimate of drug-likeness (QED) is 0.0699. The van der Waals surface area contributed by atoms with E-state index in [0.29, 0.717) is 0 Å². The Bertz CT molecular complexity index is 619. The highest BCUT2D eigenvalue weighted by Gasteiger charge is 1.98. The third kappa shape index (κ3) is 34.4. The minimum absolute atomic E-state index is 1.25. The highest BCUT2D eigenvalue weighted by molar-refractivity contribution is 5.07. The van der Waals surface area contributed by atoms with Crippen LogP contribution in [0.2, 0.25) is 0 Å². The average Bonchev–Trinajstić information content (AvgIpc) is 3.58. The lowest BCUT2D eigenvalue weighted by atomic mass is 10.0. The summed E-state index contributed by atoms with van der Waals surface area (Å²) in [4.78, 5) is 3.16. The van der Waals surface area contributed by atoms with Crippen LogP contribution in [0, 0.1) is 0 Å². The molecule has 0 atom stereocenters. The summed E-state index contributed by atoms with van der Waals surface area (Å²) in [6.07, 6.45) is 61.5. The first-order valence-corrected chi connectivity index (χ1v) is 21.5. The Balaban J connectivity index is 1.60. The van der Waals surface area contributed by atoms with E-state index in [2.05, 4.69) is 24.2 Å². The van der Waals surface area contributed by atoms with E-state index in [1.54, 1.807) is 0 Å². The van der Waals surface area contributed by atoms with Crippen molar-refractivity contribution in [2.24, 2.45) is 0 Å². The fourth-order valence-electron chi connectivity index (χ4n) is 7.28. The third-order valence-corrected chi connectivity index (χ3v) is 10.5. The molecule has 1 heteroatoms. The second-order valence-corrected chi connectivity index (χ2v) is 15.1. The van der Waals surface area contributed by atoms with Crippen LogP contribution in [-0.2, 0) is 6.42 Å². The van der Waals surface area contributed by atoms with Crippen molar-refractivity contribution in [1.29, 1.82) is 0 Å². The van der Waals surface area contributed by atoms with Crippen molar-refractivity contribution in [3.63, 3.8) is 0 Å². The highest BCUT2D eigenvalue weighted by atomic mass is 14.6. The second-order valence-electron chi connectivity index (χ2n) is 15.1. The summed E-state index contributed by atoms with van der Waals surface area (Å²) in [6.45, 7) is 2.31. The largest absolute Gasteiger partial charge is 0.367 e. The number of H-pyrrole nitrogens is 1. The lowest BCUT2D eigenvalue weighted by molar-refractivity contribution is 0.510. The van der Waals surface area contributed by atoms with Crippen molar-refractivity contribution < 1.29 is 0 Å². The number of nitrogens with one attached hydrogen (secondary N) is 1. The minimum atomic E-state index is 1.25. The lowest BCUT2D eigenvalue weighted by Crippen LogP contribution is -1.85. The van der Waals surface area contributed by atoms with Crippen molar-refractivity contribution in [3.8, 4) is 0 Å². The molecule has 0 aliphatic carbocycles. The number of aryl methyl sites for hydroxylation is 1. The van der Waals surface area contributed by atoms with Gasteiger partial charge in [0.25, 0.3) is 0 Å². The SMILES string of the molecule is CCCCCCCCCCCCCCCCCCCCCCCCCCCCCCCCCCCCCCCCc1cc[nH]c1. The molecule has 0 aromatic carbocycles. The maximum Gasteiger partial charge on any atom is 0.00373 e. The normalized spacial score (nSPS) is 11.6. The molecule has 0 radical (unpaired) electrons. The van der Waals surface area contributed by atoms with Gasteiger partial charge in [-0.1, -0.05) is 244 Å². The first-order valence-electron chi connectivity index (χ1n) is 21.5. The van der Waals surface area contributed by atoms with Gasteiger partial charge in [0.15, 0.2) is 0 Å². The molecule has 1 N–H and O–H groups in total. The Morgan fingerprint density at radius 2 is 0.533 bits per heavy atom. The summed E-state index contributed by atoms with van der Waals surface area (Å²) < 4.78 is 0. The maximum absolute atomic E-state index is 3.16. The molecule has 0 aliphatic heterocycles. The molecule has 266 valence electrons. The van der Waals surface area contributed by atoms with Crippen LogP contribution in [0.3, 0.4) is 0 Å². The van der Waals surface area contributed by atoms with Crippen molar-refractivity contribution in [2.75, 3.05) is 0 Å². The molecule has 1 aromatic rings. The zero-order valence-corrected chi connectivity index (χ0v) is 31.3. The van der Waals surface area contributed by atoms with Crippen molar-refractivity contribution in [2.45, 2.75) is 257 Å². The van der Waals surface area contributed by atoms with Gasteiger partial charge in [0, 0.05) is 12.4 Å². The summed E-state index contributed by atoms with van der Waals surface area (Å²) >= 11 is 0.